The van der Waals surface area contributed by atoms with Gasteiger partial charge in [0.2, 0.25) is 0 Å². The Balaban J connectivity index is 2.24. The normalized spacial score (nSPS) is 11.7. The van der Waals surface area contributed by atoms with E-state index in [0.29, 0.717) is 5.56 Å². The Morgan fingerprint density at radius 1 is 1.26 bits per heavy atom. The highest BCUT2D eigenvalue weighted by Crippen LogP contribution is 2.27. The van der Waals surface area contributed by atoms with E-state index in [9.17, 15) is 0 Å². The Hall–Kier alpha value is -1.50. The van der Waals surface area contributed by atoms with Gasteiger partial charge in [-0.2, -0.15) is 5.26 Å². The van der Waals surface area contributed by atoms with Crippen molar-refractivity contribution in [1.29, 1.82) is 5.26 Å². The zero-order valence-electron chi connectivity index (χ0n) is 10.3. The van der Waals surface area contributed by atoms with Crippen LogP contribution in [0.5, 0.6) is 0 Å². The zero-order valence-corrected chi connectivity index (χ0v) is 12.7. The third-order valence-electron chi connectivity index (χ3n) is 2.78. The molecule has 1 unspecified atom stereocenters. The maximum absolute atomic E-state index is 8.96. The van der Waals surface area contributed by atoms with E-state index in [0.717, 1.165) is 20.7 Å². The lowest BCUT2D eigenvalue weighted by atomic mass is 10.1. The van der Waals surface area contributed by atoms with Crippen molar-refractivity contribution in [3.8, 4) is 6.07 Å². The van der Waals surface area contributed by atoms with Gasteiger partial charge in [-0.15, -0.1) is 0 Å². The fourth-order valence-electron chi connectivity index (χ4n) is 1.89. The topological polar surface area (TPSA) is 35.8 Å². The molecule has 2 aromatic carbocycles. The summed E-state index contributed by atoms with van der Waals surface area (Å²) in [7, 11) is 0. The lowest BCUT2D eigenvalue weighted by Gasteiger charge is -2.17. The van der Waals surface area contributed by atoms with Crippen LogP contribution in [0.25, 0.3) is 0 Å². The van der Waals surface area contributed by atoms with E-state index in [4.69, 9.17) is 16.9 Å². The second-order valence-corrected chi connectivity index (χ2v) is 5.55. The lowest BCUT2D eigenvalue weighted by Crippen LogP contribution is -2.07. The van der Waals surface area contributed by atoms with Gasteiger partial charge in [-0.05, 0) is 36.8 Å². The maximum Gasteiger partial charge on any atom is 0.0992 e. The quantitative estimate of drug-likeness (QED) is 0.842. The van der Waals surface area contributed by atoms with Gasteiger partial charge in [-0.1, -0.05) is 45.7 Å². The molecule has 0 amide bonds. The molecule has 0 radical (unpaired) electrons. The van der Waals surface area contributed by atoms with Crippen molar-refractivity contribution in [2.45, 2.75) is 13.0 Å². The molecule has 1 atom stereocenters. The van der Waals surface area contributed by atoms with Crippen LogP contribution in [0, 0.1) is 11.3 Å². The number of hydrogen-bond acceptors (Lipinski definition) is 2. The summed E-state index contributed by atoms with van der Waals surface area (Å²) in [4.78, 5) is 0. The second-order valence-electron chi connectivity index (χ2n) is 4.23. The predicted molar refractivity (Wildman–Crippen MR) is 82.3 cm³/mol. The number of nitrogens with zero attached hydrogens (tertiary/aromatic N) is 1. The standard InChI is InChI=1S/C15H12BrClN2/c1-10(14-4-2-3-5-15(14)17)19-13-7-11(9-18)6-12(16)8-13/h2-8,10,19H,1H3. The van der Waals surface area contributed by atoms with Crippen LogP contribution >= 0.6 is 27.5 Å². The van der Waals surface area contributed by atoms with E-state index >= 15 is 0 Å². The average Bonchev–Trinajstić information content (AvgIpc) is 2.38. The fourth-order valence-corrected chi connectivity index (χ4v) is 2.68. The fraction of sp³-hybridized carbons (Fsp3) is 0.133. The highest BCUT2D eigenvalue weighted by molar-refractivity contribution is 9.10. The highest BCUT2D eigenvalue weighted by atomic mass is 79.9. The molecule has 0 aliphatic heterocycles. The third-order valence-corrected chi connectivity index (χ3v) is 3.58. The molecule has 1 N–H and O–H groups in total. The van der Waals surface area contributed by atoms with Crippen LogP contribution in [-0.4, -0.2) is 0 Å². The Morgan fingerprint density at radius 3 is 2.68 bits per heavy atom. The van der Waals surface area contributed by atoms with E-state index < -0.39 is 0 Å². The first-order valence-corrected chi connectivity index (χ1v) is 6.99. The summed E-state index contributed by atoms with van der Waals surface area (Å²) >= 11 is 9.57. The van der Waals surface area contributed by atoms with Crippen molar-refractivity contribution in [1.82, 2.24) is 0 Å². The van der Waals surface area contributed by atoms with Crippen LogP contribution in [0.4, 0.5) is 5.69 Å². The van der Waals surface area contributed by atoms with Crippen LogP contribution in [0.15, 0.2) is 46.9 Å². The van der Waals surface area contributed by atoms with Crippen molar-refractivity contribution >= 4 is 33.2 Å². The minimum Gasteiger partial charge on any atom is -0.378 e. The van der Waals surface area contributed by atoms with Crippen LogP contribution < -0.4 is 5.32 Å². The van der Waals surface area contributed by atoms with Crippen molar-refractivity contribution in [2.24, 2.45) is 0 Å². The van der Waals surface area contributed by atoms with Gasteiger partial charge < -0.3 is 5.32 Å². The molecule has 0 spiro atoms. The highest BCUT2D eigenvalue weighted by Gasteiger charge is 2.09. The van der Waals surface area contributed by atoms with E-state index in [2.05, 4.69) is 27.3 Å². The first-order valence-electron chi connectivity index (χ1n) is 5.82. The number of halogens is 2. The molecular weight excluding hydrogens is 324 g/mol. The molecule has 0 bridgehead atoms. The largest absolute Gasteiger partial charge is 0.378 e. The molecule has 19 heavy (non-hydrogen) atoms. The first kappa shape index (κ1) is 13.9. The second kappa shape index (κ2) is 6.10. The molecule has 2 aromatic rings. The number of nitrogens with one attached hydrogen (secondary N) is 1. The summed E-state index contributed by atoms with van der Waals surface area (Å²) in [6.07, 6.45) is 0. The molecule has 4 heteroatoms. The Morgan fingerprint density at radius 2 is 2.00 bits per heavy atom. The van der Waals surface area contributed by atoms with E-state index in [-0.39, 0.29) is 6.04 Å². The minimum absolute atomic E-state index is 0.0644. The van der Waals surface area contributed by atoms with Crippen LogP contribution in [0.2, 0.25) is 5.02 Å². The predicted octanol–water partition coefficient (Wildman–Crippen LogP) is 5.15. The average molecular weight is 336 g/mol. The smallest absolute Gasteiger partial charge is 0.0992 e. The molecule has 0 saturated heterocycles. The van der Waals surface area contributed by atoms with E-state index in [1.54, 1.807) is 6.07 Å². The summed E-state index contributed by atoms with van der Waals surface area (Å²) in [6.45, 7) is 2.04. The summed E-state index contributed by atoms with van der Waals surface area (Å²) in [5.74, 6) is 0. The summed E-state index contributed by atoms with van der Waals surface area (Å²) in [6, 6.07) is 15.5. The van der Waals surface area contributed by atoms with Crippen molar-refractivity contribution in [2.75, 3.05) is 5.32 Å². The minimum atomic E-state index is 0.0644. The molecule has 0 aliphatic carbocycles. The van der Waals surface area contributed by atoms with Crippen molar-refractivity contribution in [3.63, 3.8) is 0 Å². The number of nitriles is 1. The van der Waals surface area contributed by atoms with Crippen LogP contribution in [0.1, 0.15) is 24.1 Å². The van der Waals surface area contributed by atoms with Gasteiger partial charge in [0.25, 0.3) is 0 Å². The summed E-state index contributed by atoms with van der Waals surface area (Å²) < 4.78 is 0.875. The zero-order chi connectivity index (χ0) is 13.8. The molecule has 0 heterocycles. The molecule has 0 fully saturated rings. The summed E-state index contributed by atoms with van der Waals surface area (Å²) in [5.41, 5.74) is 2.53. The molecule has 0 aromatic heterocycles. The number of benzene rings is 2. The summed E-state index contributed by atoms with van der Waals surface area (Å²) in [5, 5.41) is 13.0. The van der Waals surface area contributed by atoms with Crippen LogP contribution in [-0.2, 0) is 0 Å². The van der Waals surface area contributed by atoms with Gasteiger partial charge >= 0.3 is 0 Å². The van der Waals surface area contributed by atoms with Gasteiger partial charge in [0.15, 0.2) is 0 Å². The first-order chi connectivity index (χ1) is 9.10. The monoisotopic (exact) mass is 334 g/mol. The van der Waals surface area contributed by atoms with Gasteiger partial charge in [0.1, 0.15) is 0 Å². The van der Waals surface area contributed by atoms with Crippen molar-refractivity contribution < 1.29 is 0 Å². The van der Waals surface area contributed by atoms with E-state index in [1.165, 1.54) is 0 Å². The molecule has 2 rings (SSSR count). The third kappa shape index (κ3) is 3.50. The van der Waals surface area contributed by atoms with Crippen LogP contribution in [0.3, 0.4) is 0 Å². The molecular formula is C15H12BrClN2. The molecule has 2 nitrogen and oxygen atoms in total. The van der Waals surface area contributed by atoms with Crippen molar-refractivity contribution in [3.05, 3.63) is 63.1 Å². The van der Waals surface area contributed by atoms with Gasteiger partial charge in [-0.25, -0.2) is 0 Å². The number of anilines is 1. The Kier molecular flexibility index (Phi) is 4.47. The lowest BCUT2D eigenvalue weighted by molar-refractivity contribution is 0.885. The van der Waals surface area contributed by atoms with Gasteiger partial charge in [-0.3, -0.25) is 0 Å². The molecule has 0 aliphatic rings. The number of rotatable bonds is 3. The maximum atomic E-state index is 8.96. The Labute approximate surface area is 126 Å². The SMILES string of the molecule is CC(Nc1cc(Br)cc(C#N)c1)c1ccccc1Cl. The Bertz CT molecular complexity index is 634. The molecule has 0 saturated carbocycles. The van der Waals surface area contributed by atoms with Gasteiger partial charge in [0, 0.05) is 21.2 Å². The van der Waals surface area contributed by atoms with Gasteiger partial charge in [0.05, 0.1) is 11.6 Å². The van der Waals surface area contributed by atoms with E-state index in [1.807, 2.05) is 43.3 Å². The number of hydrogen-bond donors (Lipinski definition) is 1. The molecule has 96 valence electrons.